The van der Waals surface area contributed by atoms with Crippen LogP contribution in [0.4, 0.5) is 14.5 Å². The monoisotopic (exact) mass is 460 g/mol. The number of nitrogens with zero attached hydrogens (tertiary/aromatic N) is 4. The van der Waals surface area contributed by atoms with Crippen LogP contribution >= 0.6 is 27.5 Å². The summed E-state index contributed by atoms with van der Waals surface area (Å²) in [6, 6.07) is 8.03. The smallest absolute Gasteiger partial charge is 0.290 e. The molecule has 0 bridgehead atoms. The third-order valence-electron chi connectivity index (χ3n) is 4.66. The van der Waals surface area contributed by atoms with Crippen molar-refractivity contribution in [1.29, 1.82) is 0 Å². The lowest BCUT2D eigenvalue weighted by Crippen LogP contribution is -2.49. The highest BCUT2D eigenvalue weighted by Gasteiger charge is 2.33. The van der Waals surface area contributed by atoms with E-state index in [1.807, 2.05) is 24.3 Å². The number of hydrogen-bond acceptors (Lipinski definition) is 3. The normalized spacial score (nSPS) is 15.3. The summed E-state index contributed by atoms with van der Waals surface area (Å²) in [5.41, 5.74) is 0.986. The van der Waals surface area contributed by atoms with Crippen molar-refractivity contribution in [3.05, 3.63) is 45.1 Å². The zero-order chi connectivity index (χ0) is 19.8. The van der Waals surface area contributed by atoms with Crippen molar-refractivity contribution in [3.8, 4) is 0 Å². The van der Waals surface area contributed by atoms with E-state index in [2.05, 4.69) is 25.9 Å². The highest BCUT2D eigenvalue weighted by Crippen LogP contribution is 2.33. The Morgan fingerprint density at radius 3 is 2.33 bits per heavy atom. The fourth-order valence-electron chi connectivity index (χ4n) is 3.05. The summed E-state index contributed by atoms with van der Waals surface area (Å²) in [7, 11) is 0. The van der Waals surface area contributed by atoms with Gasteiger partial charge < -0.3 is 9.80 Å². The van der Waals surface area contributed by atoms with Gasteiger partial charge in [-0.1, -0.05) is 27.5 Å². The summed E-state index contributed by atoms with van der Waals surface area (Å²) in [5.74, 6) is -3.30. The van der Waals surface area contributed by atoms with Crippen LogP contribution in [0.15, 0.2) is 28.7 Å². The lowest BCUT2D eigenvalue weighted by Gasteiger charge is -2.36. The minimum Gasteiger partial charge on any atom is -0.368 e. The molecule has 1 aliphatic rings. The van der Waals surface area contributed by atoms with Gasteiger partial charge in [-0.15, -0.1) is 0 Å². The van der Waals surface area contributed by atoms with E-state index in [1.54, 1.807) is 11.8 Å². The predicted octanol–water partition coefficient (Wildman–Crippen LogP) is 4.07. The van der Waals surface area contributed by atoms with Crippen molar-refractivity contribution in [3.63, 3.8) is 0 Å². The van der Waals surface area contributed by atoms with Gasteiger partial charge in [0, 0.05) is 43.3 Å². The van der Waals surface area contributed by atoms with Gasteiger partial charge in [-0.05, 0) is 31.2 Å². The molecule has 0 spiro atoms. The van der Waals surface area contributed by atoms with Crippen LogP contribution in [0.2, 0.25) is 5.02 Å². The molecule has 0 atom stereocenters. The molecule has 146 valence electrons. The molecule has 1 saturated heterocycles. The minimum atomic E-state index is -3.15. The fraction of sp³-hybridized carbons (Fsp3) is 0.444. The number of piperazine rings is 1. The molecule has 0 radical (unpaired) electrons. The second kappa shape index (κ2) is 7.75. The first-order chi connectivity index (χ1) is 12.7. The Bertz CT molecular complexity index is 827. The summed E-state index contributed by atoms with van der Waals surface area (Å²) in [5, 5.41) is 3.77. The summed E-state index contributed by atoms with van der Waals surface area (Å²) >= 11 is 9.39. The first kappa shape index (κ1) is 20.1. The number of carbonyl (C=O) groups is 1. The van der Waals surface area contributed by atoms with Crippen LogP contribution in [-0.2, 0) is 17.3 Å². The molecule has 0 N–H and O–H groups in total. The average molecular weight is 462 g/mol. The van der Waals surface area contributed by atoms with E-state index < -0.39 is 11.6 Å². The fourth-order valence-corrected chi connectivity index (χ4v) is 3.62. The third-order valence-corrected chi connectivity index (χ3v) is 5.64. The number of halogens is 4. The van der Waals surface area contributed by atoms with Gasteiger partial charge in [-0.2, -0.15) is 13.9 Å². The molecule has 0 saturated carbocycles. The Morgan fingerprint density at radius 2 is 1.81 bits per heavy atom. The number of amides is 1. The number of aromatic nitrogens is 2. The van der Waals surface area contributed by atoms with Crippen molar-refractivity contribution in [1.82, 2.24) is 14.7 Å². The van der Waals surface area contributed by atoms with E-state index in [9.17, 15) is 13.6 Å². The van der Waals surface area contributed by atoms with E-state index >= 15 is 0 Å². The Morgan fingerprint density at radius 1 is 1.22 bits per heavy atom. The Hall–Kier alpha value is -1.67. The maximum absolute atomic E-state index is 13.6. The standard InChI is InChI=1S/C18H20BrClF2N4O/c1-12-16(20)17(18(2,21)22)23-26(12)11-15(27)25-9-7-24(8-10-25)14-5-3-13(19)4-6-14/h3-6H,7-11H2,1-2H3. The number of anilines is 1. The number of hydrogen-bond donors (Lipinski definition) is 0. The van der Waals surface area contributed by atoms with Gasteiger partial charge in [0.1, 0.15) is 12.2 Å². The number of alkyl halides is 2. The van der Waals surface area contributed by atoms with Crippen LogP contribution < -0.4 is 4.90 Å². The van der Waals surface area contributed by atoms with Crippen LogP contribution in [0.3, 0.4) is 0 Å². The molecule has 1 amide bonds. The van der Waals surface area contributed by atoms with Crippen LogP contribution in [0.25, 0.3) is 0 Å². The third kappa shape index (κ3) is 4.43. The van der Waals surface area contributed by atoms with Crippen molar-refractivity contribution < 1.29 is 13.6 Å². The van der Waals surface area contributed by atoms with Gasteiger partial charge in [0.15, 0.2) is 0 Å². The topological polar surface area (TPSA) is 41.4 Å². The van der Waals surface area contributed by atoms with Crippen LogP contribution in [-0.4, -0.2) is 46.8 Å². The molecule has 1 aromatic carbocycles. The van der Waals surface area contributed by atoms with Gasteiger partial charge >= 0.3 is 0 Å². The zero-order valence-electron chi connectivity index (χ0n) is 15.1. The summed E-state index contributed by atoms with van der Waals surface area (Å²) in [6.07, 6.45) is 0. The molecule has 0 aliphatic carbocycles. The molecule has 3 rings (SSSR count). The molecular formula is C18H20BrClF2N4O. The minimum absolute atomic E-state index is 0.0876. The maximum atomic E-state index is 13.6. The zero-order valence-corrected chi connectivity index (χ0v) is 17.4. The van der Waals surface area contributed by atoms with Gasteiger partial charge in [-0.25, -0.2) is 0 Å². The molecule has 27 heavy (non-hydrogen) atoms. The average Bonchev–Trinajstić information content (AvgIpc) is 2.91. The second-order valence-electron chi connectivity index (χ2n) is 6.64. The lowest BCUT2D eigenvalue weighted by atomic mass is 10.2. The predicted molar refractivity (Wildman–Crippen MR) is 104 cm³/mol. The summed E-state index contributed by atoms with van der Waals surface area (Å²) in [4.78, 5) is 16.5. The number of carbonyl (C=O) groups excluding carboxylic acids is 1. The van der Waals surface area contributed by atoms with Crippen molar-refractivity contribution in [2.45, 2.75) is 26.3 Å². The number of rotatable bonds is 4. The van der Waals surface area contributed by atoms with E-state index in [4.69, 9.17) is 11.6 Å². The second-order valence-corrected chi connectivity index (χ2v) is 7.93. The molecule has 9 heteroatoms. The Balaban J connectivity index is 1.63. The molecule has 2 heterocycles. The van der Waals surface area contributed by atoms with Crippen molar-refractivity contribution in [2.24, 2.45) is 0 Å². The summed E-state index contributed by atoms with van der Waals surface area (Å²) < 4.78 is 29.4. The Labute approximate surface area is 170 Å². The quantitative estimate of drug-likeness (QED) is 0.689. The molecule has 1 aliphatic heterocycles. The molecule has 2 aromatic rings. The van der Waals surface area contributed by atoms with Gasteiger partial charge in [-0.3, -0.25) is 9.48 Å². The van der Waals surface area contributed by atoms with Crippen molar-refractivity contribution in [2.75, 3.05) is 31.1 Å². The molecular weight excluding hydrogens is 442 g/mol. The Kier molecular flexibility index (Phi) is 5.76. The summed E-state index contributed by atoms with van der Waals surface area (Å²) in [6.45, 7) is 4.80. The number of benzene rings is 1. The highest BCUT2D eigenvalue weighted by atomic mass is 79.9. The first-order valence-corrected chi connectivity index (χ1v) is 9.73. The van der Waals surface area contributed by atoms with Gasteiger partial charge in [0.05, 0.1) is 10.7 Å². The van der Waals surface area contributed by atoms with E-state index in [1.165, 1.54) is 4.68 Å². The molecule has 5 nitrogen and oxygen atoms in total. The first-order valence-electron chi connectivity index (χ1n) is 8.56. The highest BCUT2D eigenvalue weighted by molar-refractivity contribution is 9.10. The van der Waals surface area contributed by atoms with E-state index in [0.29, 0.717) is 31.9 Å². The largest absolute Gasteiger partial charge is 0.368 e. The van der Waals surface area contributed by atoms with Gasteiger partial charge in [0.2, 0.25) is 5.91 Å². The van der Waals surface area contributed by atoms with Crippen LogP contribution in [0.5, 0.6) is 0 Å². The maximum Gasteiger partial charge on any atom is 0.290 e. The molecule has 0 unspecified atom stereocenters. The van der Waals surface area contributed by atoms with E-state index in [0.717, 1.165) is 17.1 Å². The van der Waals surface area contributed by atoms with Crippen LogP contribution in [0, 0.1) is 6.92 Å². The lowest BCUT2D eigenvalue weighted by molar-refractivity contribution is -0.132. The van der Waals surface area contributed by atoms with E-state index in [-0.39, 0.29) is 17.5 Å². The van der Waals surface area contributed by atoms with Crippen molar-refractivity contribution >= 4 is 39.1 Å². The van der Waals surface area contributed by atoms with Gasteiger partial charge in [0.25, 0.3) is 5.92 Å². The molecule has 1 aromatic heterocycles. The molecule has 1 fully saturated rings. The van der Waals surface area contributed by atoms with Crippen LogP contribution in [0.1, 0.15) is 18.3 Å². The SMILES string of the molecule is Cc1c(Cl)c(C(C)(F)F)nn1CC(=O)N1CCN(c2ccc(Br)cc2)CC1.